The summed E-state index contributed by atoms with van der Waals surface area (Å²) >= 11 is 0. The Bertz CT molecular complexity index is 404. The number of benzene rings is 1. The van der Waals surface area contributed by atoms with Crippen LogP contribution in [-0.2, 0) is 0 Å². The molecule has 0 aromatic heterocycles. The second-order valence-corrected chi connectivity index (χ2v) is 4.14. The summed E-state index contributed by atoms with van der Waals surface area (Å²) in [6.45, 7) is 5.17. The molecule has 0 atom stereocenters. The van der Waals surface area contributed by atoms with E-state index in [0.29, 0.717) is 5.92 Å². The fraction of sp³-hybridized carbons (Fsp3) is 0.286. The van der Waals surface area contributed by atoms with Gasteiger partial charge in [-0.15, -0.1) is 0 Å². The summed E-state index contributed by atoms with van der Waals surface area (Å²) in [4.78, 5) is 0. The molecule has 1 heterocycles. The van der Waals surface area contributed by atoms with E-state index in [1.165, 1.54) is 5.57 Å². The normalized spacial score (nSPS) is 15.2. The maximum absolute atomic E-state index is 5.85. The summed E-state index contributed by atoms with van der Waals surface area (Å²) < 4.78 is 5.85. The third-order valence-corrected chi connectivity index (χ3v) is 2.53. The number of hydrogen-bond acceptors (Lipinski definition) is 2. The molecule has 16 heavy (non-hydrogen) atoms. The van der Waals surface area contributed by atoms with E-state index in [-0.39, 0.29) is 0 Å². The summed E-state index contributed by atoms with van der Waals surface area (Å²) in [7, 11) is 0. The van der Waals surface area contributed by atoms with E-state index in [9.17, 15) is 0 Å². The molecular weight excluding hydrogens is 198 g/mol. The summed E-state index contributed by atoms with van der Waals surface area (Å²) in [6, 6.07) is 9.86. The zero-order chi connectivity index (χ0) is 11.4. The van der Waals surface area contributed by atoms with Crippen LogP contribution in [-0.4, -0.2) is 6.54 Å². The Kier molecular flexibility index (Phi) is 3.30. The highest BCUT2D eigenvalue weighted by Gasteiger charge is 2.12. The number of rotatable bonds is 3. The molecule has 84 valence electrons. The molecule has 0 aliphatic carbocycles. The first-order valence-corrected chi connectivity index (χ1v) is 5.65. The van der Waals surface area contributed by atoms with Gasteiger partial charge in [-0.2, -0.15) is 0 Å². The SMILES string of the molecule is CC(C)C1=C(Oc2ccccc2)NCC=C1. The minimum absolute atomic E-state index is 0.461. The molecule has 0 spiro atoms. The van der Waals surface area contributed by atoms with Crippen molar-refractivity contribution in [2.45, 2.75) is 13.8 Å². The molecule has 1 aliphatic heterocycles. The second kappa shape index (κ2) is 4.88. The monoisotopic (exact) mass is 215 g/mol. The maximum Gasteiger partial charge on any atom is 0.197 e. The Labute approximate surface area is 96.6 Å². The van der Waals surface area contributed by atoms with Crippen molar-refractivity contribution in [1.82, 2.24) is 5.32 Å². The van der Waals surface area contributed by atoms with Crippen LogP contribution in [0, 0.1) is 5.92 Å². The quantitative estimate of drug-likeness (QED) is 0.836. The van der Waals surface area contributed by atoms with Gasteiger partial charge in [0.15, 0.2) is 5.88 Å². The summed E-state index contributed by atoms with van der Waals surface area (Å²) in [5.41, 5.74) is 1.22. The zero-order valence-electron chi connectivity index (χ0n) is 9.73. The third-order valence-electron chi connectivity index (χ3n) is 2.53. The molecule has 2 heteroatoms. The van der Waals surface area contributed by atoms with Gasteiger partial charge in [-0.25, -0.2) is 0 Å². The molecule has 0 fully saturated rings. The van der Waals surface area contributed by atoms with Gasteiger partial charge in [-0.05, 0) is 18.1 Å². The molecule has 1 aromatic rings. The number of nitrogens with one attached hydrogen (secondary N) is 1. The van der Waals surface area contributed by atoms with Crippen LogP contribution in [0.1, 0.15) is 13.8 Å². The number of hydrogen-bond donors (Lipinski definition) is 1. The van der Waals surface area contributed by atoms with Crippen LogP contribution in [0.2, 0.25) is 0 Å². The minimum atomic E-state index is 0.461. The average molecular weight is 215 g/mol. The van der Waals surface area contributed by atoms with E-state index in [4.69, 9.17) is 4.74 Å². The molecule has 0 unspecified atom stereocenters. The molecule has 1 aromatic carbocycles. The van der Waals surface area contributed by atoms with E-state index in [0.717, 1.165) is 18.2 Å². The predicted molar refractivity (Wildman–Crippen MR) is 66.1 cm³/mol. The van der Waals surface area contributed by atoms with Crippen LogP contribution in [0.15, 0.2) is 53.9 Å². The van der Waals surface area contributed by atoms with Crippen molar-refractivity contribution in [3.63, 3.8) is 0 Å². The Balaban J connectivity index is 2.22. The van der Waals surface area contributed by atoms with Crippen LogP contribution < -0.4 is 10.1 Å². The van der Waals surface area contributed by atoms with Crippen LogP contribution >= 0.6 is 0 Å². The lowest BCUT2D eigenvalue weighted by molar-refractivity contribution is 0.372. The number of dihydropyridines is 1. The van der Waals surface area contributed by atoms with Gasteiger partial charge >= 0.3 is 0 Å². The van der Waals surface area contributed by atoms with Crippen molar-refractivity contribution in [1.29, 1.82) is 0 Å². The fourth-order valence-electron chi connectivity index (χ4n) is 1.67. The van der Waals surface area contributed by atoms with Crippen LogP contribution in [0.4, 0.5) is 0 Å². The zero-order valence-corrected chi connectivity index (χ0v) is 9.73. The maximum atomic E-state index is 5.85. The van der Waals surface area contributed by atoms with Crippen LogP contribution in [0.5, 0.6) is 5.75 Å². The van der Waals surface area contributed by atoms with Gasteiger partial charge in [0.1, 0.15) is 5.75 Å². The van der Waals surface area contributed by atoms with Gasteiger partial charge in [-0.1, -0.05) is 44.2 Å². The van der Waals surface area contributed by atoms with Crippen LogP contribution in [0.25, 0.3) is 0 Å². The molecule has 1 aliphatic rings. The molecule has 0 amide bonds. The van der Waals surface area contributed by atoms with Gasteiger partial charge in [0.2, 0.25) is 0 Å². The van der Waals surface area contributed by atoms with Gasteiger partial charge in [-0.3, -0.25) is 0 Å². The Morgan fingerprint density at radius 1 is 1.19 bits per heavy atom. The molecule has 2 nitrogen and oxygen atoms in total. The van der Waals surface area contributed by atoms with E-state index in [2.05, 4.69) is 31.3 Å². The van der Waals surface area contributed by atoms with Gasteiger partial charge in [0.25, 0.3) is 0 Å². The number of allylic oxidation sites excluding steroid dienone is 2. The molecule has 0 saturated heterocycles. The first kappa shape index (κ1) is 10.8. The first-order chi connectivity index (χ1) is 7.77. The first-order valence-electron chi connectivity index (χ1n) is 5.65. The molecule has 0 bridgehead atoms. The Hall–Kier alpha value is -1.70. The largest absolute Gasteiger partial charge is 0.441 e. The molecule has 2 rings (SSSR count). The number of ether oxygens (including phenoxy) is 1. The summed E-state index contributed by atoms with van der Waals surface area (Å²) in [5.74, 6) is 2.21. The van der Waals surface area contributed by atoms with Crippen molar-refractivity contribution in [3.05, 3.63) is 53.9 Å². The van der Waals surface area contributed by atoms with Crippen molar-refractivity contribution in [3.8, 4) is 5.75 Å². The van der Waals surface area contributed by atoms with Crippen LogP contribution in [0.3, 0.4) is 0 Å². The van der Waals surface area contributed by atoms with Crippen molar-refractivity contribution in [2.75, 3.05) is 6.54 Å². The lowest BCUT2D eigenvalue weighted by Crippen LogP contribution is -2.24. The highest BCUT2D eigenvalue weighted by Crippen LogP contribution is 2.21. The van der Waals surface area contributed by atoms with Crippen molar-refractivity contribution < 1.29 is 4.74 Å². The van der Waals surface area contributed by atoms with E-state index in [1.54, 1.807) is 0 Å². The topological polar surface area (TPSA) is 21.3 Å². The van der Waals surface area contributed by atoms with Gasteiger partial charge in [0.05, 0.1) is 0 Å². The standard InChI is InChI=1S/C14H17NO/c1-11(2)13-9-6-10-15-14(13)16-12-7-4-3-5-8-12/h3-9,11,15H,10H2,1-2H3. The predicted octanol–water partition coefficient (Wildman–Crippen LogP) is 3.09. The smallest absolute Gasteiger partial charge is 0.197 e. The Morgan fingerprint density at radius 2 is 1.94 bits per heavy atom. The highest BCUT2D eigenvalue weighted by molar-refractivity contribution is 5.31. The van der Waals surface area contributed by atoms with Crippen molar-refractivity contribution >= 4 is 0 Å². The molecule has 1 N–H and O–H groups in total. The fourth-order valence-corrected chi connectivity index (χ4v) is 1.67. The van der Waals surface area contributed by atoms with E-state index < -0.39 is 0 Å². The lowest BCUT2D eigenvalue weighted by atomic mass is 10.0. The molecule has 0 radical (unpaired) electrons. The third kappa shape index (κ3) is 2.45. The van der Waals surface area contributed by atoms with Crippen molar-refractivity contribution in [2.24, 2.45) is 5.92 Å². The lowest BCUT2D eigenvalue weighted by Gasteiger charge is -2.20. The Morgan fingerprint density at radius 3 is 2.62 bits per heavy atom. The van der Waals surface area contributed by atoms with Gasteiger partial charge < -0.3 is 10.1 Å². The number of para-hydroxylation sites is 1. The van der Waals surface area contributed by atoms with E-state index in [1.807, 2.05) is 30.3 Å². The molecular formula is C14H17NO. The minimum Gasteiger partial charge on any atom is -0.441 e. The highest BCUT2D eigenvalue weighted by atomic mass is 16.5. The summed E-state index contributed by atoms with van der Waals surface area (Å²) in [6.07, 6.45) is 4.26. The summed E-state index contributed by atoms with van der Waals surface area (Å²) in [5, 5.41) is 3.27. The average Bonchev–Trinajstić information content (AvgIpc) is 2.31. The van der Waals surface area contributed by atoms with E-state index >= 15 is 0 Å². The van der Waals surface area contributed by atoms with Gasteiger partial charge in [0, 0.05) is 12.1 Å². The second-order valence-electron chi connectivity index (χ2n) is 4.14. The molecule has 0 saturated carbocycles.